The van der Waals surface area contributed by atoms with E-state index in [1.807, 2.05) is 56.3 Å². The molecule has 156 valence electrons. The number of hydrogen-bond acceptors (Lipinski definition) is 2. The molecule has 0 bridgehead atoms. The molecule has 0 radical (unpaired) electrons. The van der Waals surface area contributed by atoms with E-state index in [1.54, 1.807) is 11.0 Å². The third-order valence-corrected chi connectivity index (χ3v) is 5.34. The van der Waals surface area contributed by atoms with Crippen LogP contribution in [0, 0.1) is 12.8 Å². The lowest BCUT2D eigenvalue weighted by molar-refractivity contribution is -0.141. The van der Waals surface area contributed by atoms with Crippen LogP contribution < -0.4 is 5.32 Å². The first-order valence-corrected chi connectivity index (χ1v) is 10.6. The fraction of sp³-hybridized carbons (Fsp3) is 0.417. The molecular formula is C24H31ClN2O2. The number of benzene rings is 2. The molecule has 2 amide bonds. The zero-order valence-electron chi connectivity index (χ0n) is 17.7. The Labute approximate surface area is 179 Å². The third kappa shape index (κ3) is 6.60. The van der Waals surface area contributed by atoms with E-state index in [0.29, 0.717) is 30.5 Å². The van der Waals surface area contributed by atoms with Crippen LogP contribution in [0.2, 0.25) is 5.02 Å². The predicted octanol–water partition coefficient (Wildman–Crippen LogP) is 4.77. The molecule has 0 aliphatic heterocycles. The molecule has 4 nitrogen and oxygen atoms in total. The second-order valence-corrected chi connectivity index (χ2v) is 8.19. The molecule has 0 aliphatic carbocycles. The maximum atomic E-state index is 13.3. The molecule has 2 aromatic rings. The van der Waals surface area contributed by atoms with E-state index >= 15 is 0 Å². The summed E-state index contributed by atoms with van der Waals surface area (Å²) in [4.78, 5) is 27.9. The Kier molecular flexibility index (Phi) is 8.71. The highest BCUT2D eigenvalue weighted by molar-refractivity contribution is 6.31. The second kappa shape index (κ2) is 11.0. The summed E-state index contributed by atoms with van der Waals surface area (Å²) in [5.41, 5.74) is 2.90. The molecule has 0 aliphatic rings. The lowest BCUT2D eigenvalue weighted by Crippen LogP contribution is -2.50. The summed E-state index contributed by atoms with van der Waals surface area (Å²) in [6, 6.07) is 14.8. The van der Waals surface area contributed by atoms with Crippen LogP contribution in [0.4, 0.5) is 0 Å². The van der Waals surface area contributed by atoms with Gasteiger partial charge >= 0.3 is 0 Å². The average molecular weight is 415 g/mol. The van der Waals surface area contributed by atoms with Crippen LogP contribution in [0.1, 0.15) is 43.9 Å². The molecule has 2 rings (SSSR count). The third-order valence-electron chi connectivity index (χ3n) is 4.97. The number of halogens is 1. The van der Waals surface area contributed by atoms with E-state index in [1.165, 1.54) is 0 Å². The standard InChI is InChI=1S/C24H31ClN2O2/c1-5-22(24(29)26-15-17(2)3)27(16-20-12-7-6-10-18(20)4)23(28)14-19-11-8-9-13-21(19)25/h6-13,17,22H,5,14-16H2,1-4H3,(H,26,29)/t22-/m1/s1. The van der Waals surface area contributed by atoms with Crippen LogP contribution in [-0.4, -0.2) is 29.3 Å². The maximum absolute atomic E-state index is 13.3. The van der Waals surface area contributed by atoms with E-state index in [-0.39, 0.29) is 18.2 Å². The molecule has 29 heavy (non-hydrogen) atoms. The predicted molar refractivity (Wildman–Crippen MR) is 119 cm³/mol. The Morgan fingerprint density at radius 3 is 2.24 bits per heavy atom. The van der Waals surface area contributed by atoms with Crippen molar-refractivity contribution in [2.75, 3.05) is 6.54 Å². The van der Waals surface area contributed by atoms with Gasteiger partial charge in [-0.05, 0) is 42.0 Å². The van der Waals surface area contributed by atoms with Crippen molar-refractivity contribution in [2.24, 2.45) is 5.92 Å². The number of amides is 2. The van der Waals surface area contributed by atoms with Gasteiger partial charge in [-0.3, -0.25) is 9.59 Å². The van der Waals surface area contributed by atoms with Crippen molar-refractivity contribution in [3.05, 3.63) is 70.2 Å². The molecule has 0 saturated heterocycles. The molecule has 0 spiro atoms. The summed E-state index contributed by atoms with van der Waals surface area (Å²) in [6.45, 7) is 9.04. The van der Waals surface area contributed by atoms with Gasteiger partial charge in [0.15, 0.2) is 0 Å². The van der Waals surface area contributed by atoms with Gasteiger partial charge < -0.3 is 10.2 Å². The van der Waals surface area contributed by atoms with Gasteiger partial charge in [0, 0.05) is 18.1 Å². The SMILES string of the molecule is CC[C@H](C(=O)NCC(C)C)N(Cc1ccccc1C)C(=O)Cc1ccccc1Cl. The summed E-state index contributed by atoms with van der Waals surface area (Å²) >= 11 is 6.27. The number of hydrogen-bond donors (Lipinski definition) is 1. The van der Waals surface area contributed by atoms with Crippen molar-refractivity contribution in [3.8, 4) is 0 Å². The molecule has 0 fully saturated rings. The van der Waals surface area contributed by atoms with Crippen molar-refractivity contribution in [1.29, 1.82) is 0 Å². The van der Waals surface area contributed by atoms with Gasteiger partial charge in [0.1, 0.15) is 6.04 Å². The van der Waals surface area contributed by atoms with E-state index in [0.717, 1.165) is 16.7 Å². The maximum Gasteiger partial charge on any atom is 0.242 e. The molecule has 2 aromatic carbocycles. The average Bonchev–Trinajstić information content (AvgIpc) is 2.69. The Bertz CT molecular complexity index is 835. The fourth-order valence-electron chi connectivity index (χ4n) is 3.22. The summed E-state index contributed by atoms with van der Waals surface area (Å²) in [5.74, 6) is 0.135. The van der Waals surface area contributed by atoms with Crippen LogP contribution >= 0.6 is 11.6 Å². The minimum Gasteiger partial charge on any atom is -0.354 e. The quantitative estimate of drug-likeness (QED) is 0.642. The highest BCUT2D eigenvalue weighted by Crippen LogP contribution is 2.20. The van der Waals surface area contributed by atoms with Crippen LogP contribution in [-0.2, 0) is 22.6 Å². The molecule has 1 atom stereocenters. The molecule has 0 saturated carbocycles. The van der Waals surface area contributed by atoms with Gasteiger partial charge in [0.05, 0.1) is 6.42 Å². The van der Waals surface area contributed by atoms with Crippen LogP contribution in [0.15, 0.2) is 48.5 Å². The molecule has 1 N–H and O–H groups in total. The largest absolute Gasteiger partial charge is 0.354 e. The Balaban J connectivity index is 2.30. The minimum atomic E-state index is -0.525. The lowest BCUT2D eigenvalue weighted by Gasteiger charge is -2.31. The number of aryl methyl sites for hydroxylation is 1. The molecule has 5 heteroatoms. The summed E-state index contributed by atoms with van der Waals surface area (Å²) in [5, 5.41) is 3.55. The fourth-order valence-corrected chi connectivity index (χ4v) is 3.42. The van der Waals surface area contributed by atoms with Gasteiger partial charge in [-0.25, -0.2) is 0 Å². The monoisotopic (exact) mass is 414 g/mol. The zero-order chi connectivity index (χ0) is 21.4. The summed E-state index contributed by atoms with van der Waals surface area (Å²) < 4.78 is 0. The topological polar surface area (TPSA) is 49.4 Å². The van der Waals surface area contributed by atoms with Crippen LogP contribution in [0.25, 0.3) is 0 Å². The van der Waals surface area contributed by atoms with Crippen molar-refractivity contribution in [3.63, 3.8) is 0 Å². The normalized spacial score (nSPS) is 11.9. The smallest absolute Gasteiger partial charge is 0.242 e. The Hall–Kier alpha value is -2.33. The van der Waals surface area contributed by atoms with Crippen molar-refractivity contribution >= 4 is 23.4 Å². The minimum absolute atomic E-state index is 0.104. The van der Waals surface area contributed by atoms with Crippen molar-refractivity contribution in [1.82, 2.24) is 10.2 Å². The van der Waals surface area contributed by atoms with Gasteiger partial charge in [-0.2, -0.15) is 0 Å². The molecule has 0 unspecified atom stereocenters. The Morgan fingerprint density at radius 2 is 1.66 bits per heavy atom. The first kappa shape index (κ1) is 23.0. The first-order valence-electron chi connectivity index (χ1n) is 10.2. The second-order valence-electron chi connectivity index (χ2n) is 7.78. The Morgan fingerprint density at radius 1 is 1.03 bits per heavy atom. The zero-order valence-corrected chi connectivity index (χ0v) is 18.5. The van der Waals surface area contributed by atoms with Crippen molar-refractivity contribution < 1.29 is 9.59 Å². The summed E-state index contributed by atoms with van der Waals surface area (Å²) in [7, 11) is 0. The highest BCUT2D eigenvalue weighted by atomic mass is 35.5. The van der Waals surface area contributed by atoms with Gasteiger partial charge in [-0.1, -0.05) is 74.8 Å². The number of rotatable bonds is 9. The van der Waals surface area contributed by atoms with E-state index in [9.17, 15) is 9.59 Å². The van der Waals surface area contributed by atoms with Gasteiger partial charge in [-0.15, -0.1) is 0 Å². The number of nitrogens with one attached hydrogen (secondary N) is 1. The van der Waals surface area contributed by atoms with Crippen LogP contribution in [0.3, 0.4) is 0 Å². The number of carbonyl (C=O) groups is 2. The van der Waals surface area contributed by atoms with Gasteiger partial charge in [0.25, 0.3) is 0 Å². The molecule has 0 heterocycles. The lowest BCUT2D eigenvalue weighted by atomic mass is 10.0. The molecule has 0 aromatic heterocycles. The van der Waals surface area contributed by atoms with Gasteiger partial charge in [0.2, 0.25) is 11.8 Å². The molecular weight excluding hydrogens is 384 g/mol. The number of nitrogens with zero attached hydrogens (tertiary/aromatic N) is 1. The number of carbonyl (C=O) groups excluding carboxylic acids is 2. The highest BCUT2D eigenvalue weighted by Gasteiger charge is 2.29. The summed E-state index contributed by atoms with van der Waals surface area (Å²) in [6.07, 6.45) is 0.712. The first-order chi connectivity index (χ1) is 13.8. The van der Waals surface area contributed by atoms with Crippen LogP contribution in [0.5, 0.6) is 0 Å². The van der Waals surface area contributed by atoms with Crippen molar-refractivity contribution in [2.45, 2.75) is 53.1 Å². The van der Waals surface area contributed by atoms with E-state index < -0.39 is 6.04 Å². The van der Waals surface area contributed by atoms with E-state index in [4.69, 9.17) is 11.6 Å². The van der Waals surface area contributed by atoms with E-state index in [2.05, 4.69) is 19.2 Å².